The van der Waals surface area contributed by atoms with Gasteiger partial charge in [0.2, 0.25) is 0 Å². The molecule has 2 aromatic carbocycles. The topological polar surface area (TPSA) is 49.7 Å². The number of rotatable bonds is 2. The lowest BCUT2D eigenvalue weighted by molar-refractivity contribution is 0.211. The van der Waals surface area contributed by atoms with Gasteiger partial charge in [-0.05, 0) is 21.9 Å². The van der Waals surface area contributed by atoms with Crippen LogP contribution in [0.5, 0.6) is 0 Å². The molecule has 1 aliphatic rings. The predicted molar refractivity (Wildman–Crippen MR) is 68.2 cm³/mol. The van der Waals surface area contributed by atoms with Crippen LogP contribution in [0, 0.1) is 0 Å². The first-order valence-corrected chi connectivity index (χ1v) is 6.47. The lowest BCUT2D eigenvalue weighted by Gasteiger charge is -2.21. The Hall–Kier alpha value is -1.25. The normalized spacial score (nSPS) is 17.9. The molecule has 0 heterocycles. The van der Waals surface area contributed by atoms with E-state index < -0.39 is 8.60 Å². The Morgan fingerprint density at radius 3 is 2.59 bits per heavy atom. The van der Waals surface area contributed by atoms with Gasteiger partial charge in [-0.15, -0.1) is 0 Å². The molecule has 2 aromatic rings. The lowest BCUT2D eigenvalue weighted by atomic mass is 9.92. The summed E-state index contributed by atoms with van der Waals surface area (Å²) in [6.07, 6.45) is 3.42. The second kappa shape index (κ2) is 4.21. The molecule has 0 radical (unpaired) electrons. The van der Waals surface area contributed by atoms with Gasteiger partial charge in [0, 0.05) is 0 Å². The van der Waals surface area contributed by atoms with Gasteiger partial charge >= 0.3 is 8.60 Å². The van der Waals surface area contributed by atoms with Gasteiger partial charge in [0.05, 0.1) is 0 Å². The summed E-state index contributed by atoms with van der Waals surface area (Å²) >= 11 is 0. The van der Waals surface area contributed by atoms with E-state index in [9.17, 15) is 0 Å². The van der Waals surface area contributed by atoms with Crippen LogP contribution in [0.15, 0.2) is 42.5 Å². The first-order chi connectivity index (χ1) is 8.25. The molecule has 0 saturated heterocycles. The van der Waals surface area contributed by atoms with Crippen molar-refractivity contribution in [2.75, 3.05) is 0 Å². The molecule has 1 unspecified atom stereocenters. The van der Waals surface area contributed by atoms with Crippen LogP contribution >= 0.6 is 8.60 Å². The molecule has 86 valence electrons. The average Bonchev–Trinajstić information content (AvgIpc) is 2.33. The minimum absolute atomic E-state index is 0.380. The molecule has 4 heteroatoms. The Kier molecular flexibility index (Phi) is 2.69. The first kappa shape index (κ1) is 10.9. The summed E-state index contributed by atoms with van der Waals surface area (Å²) < 4.78 is 5.13. The molecule has 0 spiro atoms. The van der Waals surface area contributed by atoms with Gasteiger partial charge in [0.25, 0.3) is 0 Å². The van der Waals surface area contributed by atoms with E-state index in [1.165, 1.54) is 0 Å². The van der Waals surface area contributed by atoms with Crippen molar-refractivity contribution >= 4 is 25.5 Å². The third-order valence-corrected chi connectivity index (χ3v) is 3.35. The summed E-state index contributed by atoms with van der Waals surface area (Å²) in [5.41, 5.74) is 2.12. The molecule has 0 aromatic heterocycles. The van der Waals surface area contributed by atoms with E-state index in [0.717, 1.165) is 21.9 Å². The zero-order valence-electron chi connectivity index (χ0n) is 8.95. The van der Waals surface area contributed by atoms with Crippen LogP contribution in [-0.2, 0) is 4.52 Å². The maximum atomic E-state index is 8.97. The minimum Gasteiger partial charge on any atom is -0.328 e. The molecular weight excluding hydrogens is 235 g/mol. The Balaban J connectivity index is 2.20. The van der Waals surface area contributed by atoms with Gasteiger partial charge in [0.15, 0.2) is 0 Å². The van der Waals surface area contributed by atoms with Crippen LogP contribution in [0.4, 0.5) is 0 Å². The van der Waals surface area contributed by atoms with Gasteiger partial charge in [-0.3, -0.25) is 0 Å². The fraction of sp³-hybridized carbons (Fsp3) is 0.0769. The van der Waals surface area contributed by atoms with E-state index >= 15 is 0 Å². The maximum Gasteiger partial charge on any atom is 0.327 e. The highest BCUT2D eigenvalue weighted by molar-refractivity contribution is 7.39. The van der Waals surface area contributed by atoms with Crippen LogP contribution in [-0.4, -0.2) is 9.79 Å². The maximum absolute atomic E-state index is 8.97. The van der Waals surface area contributed by atoms with Crippen molar-refractivity contribution in [2.45, 2.75) is 6.10 Å². The zero-order chi connectivity index (χ0) is 11.8. The van der Waals surface area contributed by atoms with Crippen LogP contribution in [0.25, 0.3) is 16.8 Å². The van der Waals surface area contributed by atoms with Crippen LogP contribution < -0.4 is 0 Å². The van der Waals surface area contributed by atoms with Crippen LogP contribution in [0.3, 0.4) is 0 Å². The molecule has 2 N–H and O–H groups in total. The summed E-state index contributed by atoms with van der Waals surface area (Å²) in [5.74, 6) is 0. The molecule has 0 bridgehead atoms. The summed E-state index contributed by atoms with van der Waals surface area (Å²) in [7, 11) is -2.35. The van der Waals surface area contributed by atoms with Crippen LogP contribution in [0.2, 0.25) is 0 Å². The Labute approximate surface area is 100.0 Å². The summed E-state index contributed by atoms with van der Waals surface area (Å²) in [4.78, 5) is 17.9. The highest BCUT2D eigenvalue weighted by atomic mass is 31.2. The molecule has 0 amide bonds. The van der Waals surface area contributed by atoms with Crippen molar-refractivity contribution in [2.24, 2.45) is 0 Å². The highest BCUT2D eigenvalue weighted by Crippen LogP contribution is 2.41. The Bertz CT molecular complexity index is 587. The molecular formula is C13H11O3P. The van der Waals surface area contributed by atoms with Crippen LogP contribution in [0.1, 0.15) is 17.2 Å². The second-order valence-corrected chi connectivity index (χ2v) is 4.65. The third-order valence-electron chi connectivity index (χ3n) is 2.93. The predicted octanol–water partition coefficient (Wildman–Crippen LogP) is 3.14. The molecule has 3 rings (SSSR count). The second-order valence-electron chi connectivity index (χ2n) is 3.93. The van der Waals surface area contributed by atoms with Gasteiger partial charge in [-0.25, -0.2) is 0 Å². The molecule has 3 nitrogen and oxygen atoms in total. The van der Waals surface area contributed by atoms with Crippen molar-refractivity contribution < 1.29 is 14.3 Å². The van der Waals surface area contributed by atoms with E-state index in [1.54, 1.807) is 0 Å². The molecule has 17 heavy (non-hydrogen) atoms. The van der Waals surface area contributed by atoms with Gasteiger partial charge in [0.1, 0.15) is 6.10 Å². The molecule has 0 aliphatic heterocycles. The summed E-state index contributed by atoms with van der Waals surface area (Å²) in [6, 6.07) is 12.0. The average molecular weight is 246 g/mol. The van der Waals surface area contributed by atoms with E-state index in [1.807, 2.05) is 48.6 Å². The quantitative estimate of drug-likeness (QED) is 0.800. The molecule has 1 atom stereocenters. The number of hydrogen-bond donors (Lipinski definition) is 2. The van der Waals surface area contributed by atoms with Gasteiger partial charge in [-0.2, -0.15) is 0 Å². The highest BCUT2D eigenvalue weighted by Gasteiger charge is 2.20. The van der Waals surface area contributed by atoms with Gasteiger partial charge < -0.3 is 14.3 Å². The monoisotopic (exact) mass is 246 g/mol. The molecule has 0 fully saturated rings. The largest absolute Gasteiger partial charge is 0.328 e. The van der Waals surface area contributed by atoms with Crippen molar-refractivity contribution in [3.05, 3.63) is 53.6 Å². The lowest BCUT2D eigenvalue weighted by Crippen LogP contribution is -2.03. The standard InChI is InChI=1S/C13H11O3P/c14-17(15)16-12-8-7-10-4-1-3-9-5-2-6-11(12)13(9)10/h1-8,12,14-15H. The van der Waals surface area contributed by atoms with Crippen molar-refractivity contribution in [3.8, 4) is 0 Å². The zero-order valence-corrected chi connectivity index (χ0v) is 9.84. The first-order valence-electron chi connectivity index (χ1n) is 5.30. The Morgan fingerprint density at radius 1 is 1.06 bits per heavy atom. The van der Waals surface area contributed by atoms with Crippen molar-refractivity contribution in [3.63, 3.8) is 0 Å². The molecule has 1 aliphatic carbocycles. The van der Waals surface area contributed by atoms with E-state index in [-0.39, 0.29) is 6.10 Å². The Morgan fingerprint density at radius 2 is 1.82 bits per heavy atom. The van der Waals surface area contributed by atoms with Gasteiger partial charge in [-0.1, -0.05) is 48.6 Å². The molecule has 0 saturated carbocycles. The fourth-order valence-electron chi connectivity index (χ4n) is 2.26. The summed E-state index contributed by atoms with van der Waals surface area (Å²) in [5, 5.41) is 2.26. The fourth-order valence-corrected chi connectivity index (χ4v) is 2.65. The minimum atomic E-state index is -2.35. The van der Waals surface area contributed by atoms with Crippen molar-refractivity contribution in [1.29, 1.82) is 0 Å². The van der Waals surface area contributed by atoms with E-state index in [0.29, 0.717) is 0 Å². The summed E-state index contributed by atoms with van der Waals surface area (Å²) in [6.45, 7) is 0. The smallest absolute Gasteiger partial charge is 0.327 e. The number of hydrogen-bond acceptors (Lipinski definition) is 3. The van der Waals surface area contributed by atoms with E-state index in [2.05, 4.69) is 0 Å². The number of benzene rings is 2. The van der Waals surface area contributed by atoms with Crippen molar-refractivity contribution in [1.82, 2.24) is 0 Å². The SMILES string of the molecule is OP(O)OC1C=Cc2cccc3cccc1c23. The van der Waals surface area contributed by atoms with E-state index in [4.69, 9.17) is 14.3 Å². The third kappa shape index (κ3) is 1.88.